The zero-order chi connectivity index (χ0) is 55.4. The maximum absolute atomic E-state index is 2.72. The van der Waals surface area contributed by atoms with Crippen LogP contribution < -0.4 is 10.3 Å². The summed E-state index contributed by atoms with van der Waals surface area (Å²) < 4.78 is 4.82. The van der Waals surface area contributed by atoms with Crippen LogP contribution in [0.1, 0.15) is 76.1 Å². The van der Waals surface area contributed by atoms with Crippen LogP contribution in [0.2, 0.25) is 6.32 Å². The Hall–Kier alpha value is -9.12. The molecule has 82 heavy (non-hydrogen) atoms. The summed E-state index contributed by atoms with van der Waals surface area (Å²) in [6.07, 6.45) is 3.01. The largest absolute Gasteiger partial charge is 0.381 e. The Balaban J connectivity index is 0.930. The molecule has 2 aliphatic heterocycles. The molecule has 0 N–H and O–H groups in total. The van der Waals surface area contributed by atoms with Gasteiger partial charge in [0.25, 0.3) is 6.85 Å². The van der Waals surface area contributed by atoms with Gasteiger partial charge in [-0.25, -0.2) is 0 Å². The molecule has 396 valence electrons. The van der Waals surface area contributed by atoms with Crippen molar-refractivity contribution >= 4 is 67.3 Å². The summed E-state index contributed by atoms with van der Waals surface area (Å²) in [6.45, 7) is 14.0. The van der Waals surface area contributed by atoms with Gasteiger partial charge >= 0.3 is 0 Å². The Morgan fingerprint density at radius 2 is 0.841 bits per heavy atom. The van der Waals surface area contributed by atoms with Crippen molar-refractivity contribution in [2.24, 2.45) is 0 Å². The lowest BCUT2D eigenvalue weighted by atomic mass is 9.44. The molecule has 3 nitrogen and oxygen atoms in total. The van der Waals surface area contributed by atoms with Gasteiger partial charge in [-0.05, 0) is 187 Å². The maximum atomic E-state index is 2.72. The monoisotopic (exact) mass is 1060 g/mol. The van der Waals surface area contributed by atoms with Gasteiger partial charge in [0.2, 0.25) is 0 Å². The van der Waals surface area contributed by atoms with Crippen LogP contribution in [-0.4, -0.2) is 16.0 Å². The van der Waals surface area contributed by atoms with Crippen molar-refractivity contribution in [1.82, 2.24) is 9.13 Å². The van der Waals surface area contributed by atoms with E-state index in [1.807, 2.05) is 0 Å². The van der Waals surface area contributed by atoms with Crippen molar-refractivity contribution in [3.8, 4) is 55.9 Å². The molecule has 4 heteroatoms. The van der Waals surface area contributed by atoms with E-state index in [-0.39, 0.29) is 17.7 Å². The molecule has 4 heterocycles. The second kappa shape index (κ2) is 19.3. The highest BCUT2D eigenvalue weighted by Gasteiger charge is 2.40. The fourth-order valence-electron chi connectivity index (χ4n) is 14.0. The summed E-state index contributed by atoms with van der Waals surface area (Å²) in [5.74, 6) is 0.296. The van der Waals surface area contributed by atoms with Crippen LogP contribution in [0.5, 0.6) is 0 Å². The molecule has 2 aliphatic rings. The Kier molecular flexibility index (Phi) is 11.7. The van der Waals surface area contributed by atoms with Gasteiger partial charge in [0.05, 0.1) is 22.1 Å². The second-order valence-corrected chi connectivity index (χ2v) is 25.2. The minimum absolute atomic E-state index is 0.0327. The van der Waals surface area contributed by atoms with Crippen LogP contribution >= 0.6 is 0 Å². The van der Waals surface area contributed by atoms with Gasteiger partial charge in [0.15, 0.2) is 0 Å². The molecule has 1 atom stereocenters. The average molecular weight is 1060 g/mol. The van der Waals surface area contributed by atoms with Crippen LogP contribution in [0, 0.1) is 0 Å². The zero-order valence-corrected chi connectivity index (χ0v) is 47.8. The number of nitrogens with zero attached hydrogens (tertiary/aromatic N) is 3. The first-order valence-electron chi connectivity index (χ1n) is 29.5. The van der Waals surface area contributed by atoms with E-state index in [1.165, 1.54) is 139 Å². The highest BCUT2D eigenvalue weighted by atomic mass is 15.1. The van der Waals surface area contributed by atoms with Gasteiger partial charge in [0, 0.05) is 49.9 Å². The van der Waals surface area contributed by atoms with Gasteiger partial charge in [0.1, 0.15) is 0 Å². The number of hydrogen-bond acceptors (Lipinski definition) is 1. The van der Waals surface area contributed by atoms with Gasteiger partial charge in [-0.15, -0.1) is 0 Å². The summed E-state index contributed by atoms with van der Waals surface area (Å²) in [5, 5.41) is 5.04. The number of rotatable bonds is 7. The molecule has 11 aromatic carbocycles. The van der Waals surface area contributed by atoms with Gasteiger partial charge < -0.3 is 13.9 Å². The number of benzene rings is 11. The summed E-state index contributed by atoms with van der Waals surface area (Å²) in [7, 11) is 0. The Morgan fingerprint density at radius 1 is 0.378 bits per heavy atom. The lowest BCUT2D eigenvalue weighted by molar-refractivity contribution is 0.589. The molecule has 0 fully saturated rings. The SMILES string of the molecule is CC(C)(C)c1ccc(CC2CCB3c4c(cccc4-c4cc(-c5ccc6c(c5)c5ccccc5n6-c5ccccc5)ccc4N3c3ccc(C(C)(C)C)cc3)-c3cc(-c4ccc5c(c4)c4ccccc4n5-c4ccccc4)ccc32)cc1. The number of anilines is 2. The third-order valence-electron chi connectivity index (χ3n) is 18.2. The molecule has 2 aromatic heterocycles. The van der Waals surface area contributed by atoms with Crippen LogP contribution in [0.4, 0.5) is 11.4 Å². The van der Waals surface area contributed by atoms with Crippen molar-refractivity contribution in [3.05, 3.63) is 271 Å². The molecule has 0 bridgehead atoms. The van der Waals surface area contributed by atoms with E-state index in [9.17, 15) is 0 Å². The predicted octanol–water partition coefficient (Wildman–Crippen LogP) is 20.2. The Bertz CT molecular complexity index is 4610. The molecule has 1 unspecified atom stereocenters. The first kappa shape index (κ1) is 49.9. The van der Waals surface area contributed by atoms with E-state index < -0.39 is 0 Å². The molecular weight excluding hydrogens is 990 g/mol. The molecule has 0 radical (unpaired) electrons. The van der Waals surface area contributed by atoms with Crippen molar-refractivity contribution in [3.63, 3.8) is 0 Å². The first-order valence-corrected chi connectivity index (χ1v) is 29.5. The zero-order valence-electron chi connectivity index (χ0n) is 47.8. The first-order chi connectivity index (χ1) is 39.9. The summed E-state index contributed by atoms with van der Waals surface area (Å²) in [5.41, 5.74) is 26.9. The van der Waals surface area contributed by atoms with Crippen LogP contribution in [0.15, 0.2) is 249 Å². The lowest BCUT2D eigenvalue weighted by Crippen LogP contribution is -2.51. The summed E-state index contributed by atoms with van der Waals surface area (Å²) in [6, 6.07) is 94.5. The van der Waals surface area contributed by atoms with E-state index in [1.54, 1.807) is 0 Å². The quantitative estimate of drug-likeness (QED) is 0.145. The predicted molar refractivity (Wildman–Crippen MR) is 351 cm³/mol. The molecule has 0 saturated carbocycles. The Morgan fingerprint density at radius 3 is 1.40 bits per heavy atom. The molecule has 13 aromatic rings. The normalized spacial score (nSPS) is 14.2. The van der Waals surface area contributed by atoms with Crippen molar-refractivity contribution in [1.29, 1.82) is 0 Å². The van der Waals surface area contributed by atoms with Crippen molar-refractivity contribution < 1.29 is 0 Å². The van der Waals surface area contributed by atoms with Crippen LogP contribution in [0.25, 0.3) is 99.5 Å². The Labute approximate surface area is 482 Å². The summed E-state index contributed by atoms with van der Waals surface area (Å²) in [4.78, 5) is 2.72. The smallest absolute Gasteiger partial charge is 0.295 e. The highest BCUT2D eigenvalue weighted by molar-refractivity contribution is 6.81. The van der Waals surface area contributed by atoms with E-state index >= 15 is 0 Å². The fraction of sp³-hybridized carbons (Fsp3) is 0.154. The molecule has 15 rings (SSSR count). The van der Waals surface area contributed by atoms with Crippen LogP contribution in [0.3, 0.4) is 0 Å². The lowest BCUT2D eigenvalue weighted by Gasteiger charge is -2.42. The molecule has 0 amide bonds. The topological polar surface area (TPSA) is 13.1 Å². The third-order valence-corrected chi connectivity index (χ3v) is 18.2. The minimum Gasteiger partial charge on any atom is -0.381 e. The minimum atomic E-state index is 0.0327. The van der Waals surface area contributed by atoms with Gasteiger partial charge in [-0.1, -0.05) is 206 Å². The third kappa shape index (κ3) is 8.33. The second-order valence-electron chi connectivity index (χ2n) is 25.2. The van der Waals surface area contributed by atoms with Crippen molar-refractivity contribution in [2.75, 3.05) is 4.81 Å². The van der Waals surface area contributed by atoms with E-state index in [2.05, 4.69) is 304 Å². The number of hydrogen-bond donors (Lipinski definition) is 0. The standard InChI is InChI=1S/C78H66BN3/c1-77(2,3)57-34-28-51(29-35-57)46-56-44-45-79-76-65(67-47-52(30-40-62(56)67)53-31-41-73-68(48-53)63-22-13-15-26-71(63)80(73)59-18-9-7-10-19-59)24-17-25-66(76)70-50-55(33-43-75(70)82(79)61-38-36-58(37-39-61)78(4,5)6)54-32-42-74-69(49-54)64-23-14-16-27-72(64)81(74)60-20-11-8-12-21-60/h7-43,47-50,56H,44-46H2,1-6H3. The van der Waals surface area contributed by atoms with Crippen molar-refractivity contribution in [2.45, 2.75) is 77.5 Å². The maximum Gasteiger partial charge on any atom is 0.295 e. The fourth-order valence-corrected chi connectivity index (χ4v) is 14.0. The van der Waals surface area contributed by atoms with E-state index in [0.717, 1.165) is 19.2 Å². The molecule has 0 aliphatic carbocycles. The number of aromatic nitrogens is 2. The van der Waals surface area contributed by atoms with Gasteiger partial charge in [-0.2, -0.15) is 0 Å². The average Bonchev–Trinajstić information content (AvgIpc) is 1.89. The molecule has 0 spiro atoms. The molecule has 0 saturated heterocycles. The van der Waals surface area contributed by atoms with E-state index in [4.69, 9.17) is 0 Å². The van der Waals surface area contributed by atoms with E-state index in [0.29, 0.717) is 5.92 Å². The number of fused-ring (bicyclic) bond motifs is 10. The summed E-state index contributed by atoms with van der Waals surface area (Å²) >= 11 is 0. The van der Waals surface area contributed by atoms with Gasteiger partial charge in [-0.3, -0.25) is 0 Å². The molecular formula is C78H66BN3. The highest BCUT2D eigenvalue weighted by Crippen LogP contribution is 2.49. The number of para-hydroxylation sites is 4. The van der Waals surface area contributed by atoms with Crippen LogP contribution in [-0.2, 0) is 17.3 Å².